The van der Waals surface area contributed by atoms with Gasteiger partial charge in [-0.3, -0.25) is 0 Å². The molecule has 0 amide bonds. The summed E-state index contributed by atoms with van der Waals surface area (Å²) in [5, 5.41) is 10.4. The van der Waals surface area contributed by atoms with Crippen molar-refractivity contribution in [1.29, 1.82) is 0 Å². The van der Waals surface area contributed by atoms with Gasteiger partial charge < -0.3 is 10.4 Å². The molecule has 33 heavy (non-hydrogen) atoms. The normalized spacial score (nSPS) is 10.7. The van der Waals surface area contributed by atoms with Crippen molar-refractivity contribution < 1.29 is 22.8 Å². The molecule has 4 heteroatoms. The van der Waals surface area contributed by atoms with Gasteiger partial charge in [0.25, 0.3) is 0 Å². The van der Waals surface area contributed by atoms with E-state index in [-0.39, 0.29) is 32.2 Å². The molecule has 2 aromatic heterocycles. The molecular weight excluding hydrogens is 601 g/mol. The van der Waals surface area contributed by atoms with E-state index in [9.17, 15) is 0 Å². The molecule has 0 N–H and O–H groups in total. The van der Waals surface area contributed by atoms with Gasteiger partial charge in [-0.15, -0.1) is 23.8 Å². The Labute approximate surface area is 216 Å². The Morgan fingerprint density at radius 1 is 1.09 bits per heavy atom. The number of aryl methyl sites for hydroxylation is 1. The average Bonchev–Trinajstić information content (AvgIpc) is 3.25. The third-order valence-electron chi connectivity index (χ3n) is 4.37. The molecule has 0 saturated heterocycles. The molecule has 0 aliphatic carbocycles. The van der Waals surface area contributed by atoms with E-state index in [0.29, 0.717) is 5.69 Å². The minimum atomic E-state index is 0. The second kappa shape index (κ2) is 14.1. The van der Waals surface area contributed by atoms with Crippen molar-refractivity contribution in [3.05, 3.63) is 133 Å². The zero-order chi connectivity index (χ0) is 24.3. The zero-order valence-electron chi connectivity index (χ0n) is 20.1. The first-order valence-electron chi connectivity index (χ1n) is 11.0. The Kier molecular flexibility index (Phi) is 9.81. The van der Waals surface area contributed by atoms with E-state index >= 15 is 0 Å². The van der Waals surface area contributed by atoms with Gasteiger partial charge in [0.2, 0.25) is 0 Å². The minimum absolute atomic E-state index is 0. The van der Waals surface area contributed by atoms with Crippen molar-refractivity contribution in [2.24, 2.45) is 0 Å². The largest absolute Gasteiger partial charge is 3.00 e. The van der Waals surface area contributed by atoms with E-state index in [1.807, 2.05) is 42.5 Å². The van der Waals surface area contributed by atoms with Crippen molar-refractivity contribution in [3.63, 3.8) is 0 Å². The summed E-state index contributed by atoms with van der Waals surface area (Å²) >= 11 is 1.75. The van der Waals surface area contributed by atoms with Crippen LogP contribution in [0.5, 0.6) is 0 Å². The molecule has 0 fully saturated rings. The van der Waals surface area contributed by atoms with E-state index in [1.54, 1.807) is 29.7 Å². The minimum Gasteiger partial charge on any atom is -0.811 e. The molecule has 2 nitrogen and oxygen atoms in total. The molecule has 2 heterocycles. The summed E-state index contributed by atoms with van der Waals surface area (Å²) in [5.41, 5.74) is 2.56. The average molecular weight is 626 g/mol. The van der Waals surface area contributed by atoms with Crippen LogP contribution in [0, 0.1) is 19.1 Å². The SMILES string of the molecule is C=C/C=C\C=[N-].[2H]c1ccnc(-c2[c-]cc3c(c2)sc2c(C)cccc23)c1[2H].[Ir+3].[c-]1ccccc1. The Morgan fingerprint density at radius 3 is 2.55 bits per heavy atom. The maximum absolute atomic E-state index is 8.02. The number of rotatable bonds is 3. The maximum atomic E-state index is 8.02. The van der Waals surface area contributed by atoms with Crippen LogP contribution in [0.25, 0.3) is 36.8 Å². The van der Waals surface area contributed by atoms with Gasteiger partial charge in [0, 0.05) is 10.9 Å². The number of aromatic nitrogens is 1. The maximum Gasteiger partial charge on any atom is 3.00 e. The van der Waals surface area contributed by atoms with E-state index in [2.05, 4.69) is 48.8 Å². The van der Waals surface area contributed by atoms with Gasteiger partial charge in [0.1, 0.15) is 0 Å². The summed E-state index contributed by atoms with van der Waals surface area (Å²) in [6.45, 7) is 5.50. The number of benzene rings is 3. The van der Waals surface area contributed by atoms with Crippen LogP contribution in [-0.2, 0) is 20.1 Å². The summed E-state index contributed by atoms with van der Waals surface area (Å²) in [6, 6.07) is 27.9. The van der Waals surface area contributed by atoms with Gasteiger partial charge in [-0.2, -0.15) is 53.9 Å². The molecule has 5 aromatic rings. The fourth-order valence-electron chi connectivity index (χ4n) is 2.91. The van der Waals surface area contributed by atoms with Crippen LogP contribution < -0.4 is 0 Å². The Balaban J connectivity index is 0.000000276. The number of hydrogen-bond donors (Lipinski definition) is 0. The van der Waals surface area contributed by atoms with Crippen molar-refractivity contribution in [2.75, 3.05) is 0 Å². The summed E-state index contributed by atoms with van der Waals surface area (Å²) < 4.78 is 18.2. The summed E-state index contributed by atoms with van der Waals surface area (Å²) in [7, 11) is 0. The van der Waals surface area contributed by atoms with Crippen LogP contribution in [0.2, 0.25) is 0 Å². The molecule has 0 atom stereocenters. The predicted molar refractivity (Wildman–Crippen MR) is 140 cm³/mol. The van der Waals surface area contributed by atoms with Gasteiger partial charge in [0.15, 0.2) is 0 Å². The van der Waals surface area contributed by atoms with Crippen molar-refractivity contribution in [1.82, 2.24) is 4.98 Å². The second-order valence-corrected chi connectivity index (χ2v) is 7.64. The van der Waals surface area contributed by atoms with Crippen molar-refractivity contribution in [3.8, 4) is 11.3 Å². The third-order valence-corrected chi connectivity index (χ3v) is 5.68. The summed E-state index contributed by atoms with van der Waals surface area (Å²) in [6.07, 6.45) is 7.25. The van der Waals surface area contributed by atoms with Gasteiger partial charge in [-0.1, -0.05) is 60.5 Å². The van der Waals surface area contributed by atoms with E-state index in [1.165, 1.54) is 33.2 Å². The van der Waals surface area contributed by atoms with Crippen molar-refractivity contribution >= 4 is 37.7 Å². The first kappa shape index (κ1) is 23.0. The fourth-order valence-corrected chi connectivity index (χ4v) is 4.10. The van der Waals surface area contributed by atoms with Crippen molar-refractivity contribution in [2.45, 2.75) is 6.92 Å². The van der Waals surface area contributed by atoms with Crippen LogP contribution in [0.1, 0.15) is 8.30 Å². The molecule has 164 valence electrons. The molecule has 0 aliphatic heterocycles. The number of allylic oxidation sites excluding steroid dienone is 3. The predicted octanol–water partition coefficient (Wildman–Crippen LogP) is 8.08. The number of fused-ring (bicyclic) bond motifs is 3. The standard InChI is InChI=1S/C18H12NS.C6H5.C5H6N.Ir/c1-12-5-4-6-15-14-9-8-13(11-17(14)20-18(12)15)16-7-2-3-10-19-16;1-2-4-6-5-3-1;1-2-3-4-5-6;/h2-7,9-11H,1H3;1-5H;2-5H,1H2;/q3*-1;+3/b;;4-3-;/i2D,7D;;;. The smallest absolute Gasteiger partial charge is 0.811 e. The molecule has 0 saturated carbocycles. The zero-order valence-corrected chi connectivity index (χ0v) is 21.3. The molecule has 0 spiro atoms. The van der Waals surface area contributed by atoms with Crippen LogP contribution in [0.3, 0.4) is 0 Å². The first-order valence-corrected chi connectivity index (χ1v) is 10.8. The second-order valence-electron chi connectivity index (χ2n) is 6.59. The molecule has 0 bridgehead atoms. The van der Waals surface area contributed by atoms with Crippen LogP contribution in [0.4, 0.5) is 0 Å². The molecule has 3 aromatic carbocycles. The van der Waals surface area contributed by atoms with Gasteiger partial charge in [0.05, 0.1) is 2.74 Å². The number of hydrogen-bond acceptors (Lipinski definition) is 2. The Hall–Kier alpha value is -3.17. The monoisotopic (exact) mass is 626 g/mol. The van der Waals surface area contributed by atoms with Crippen LogP contribution in [-0.4, -0.2) is 11.2 Å². The molecule has 0 unspecified atom stereocenters. The quantitative estimate of drug-likeness (QED) is 0.113. The van der Waals surface area contributed by atoms with Crippen LogP contribution in [0.15, 0.2) is 110 Å². The number of nitrogens with zero attached hydrogens (tertiary/aromatic N) is 2. The summed E-state index contributed by atoms with van der Waals surface area (Å²) in [5.74, 6) is 0. The van der Waals surface area contributed by atoms with Crippen LogP contribution >= 0.6 is 11.3 Å². The van der Waals surface area contributed by atoms with Gasteiger partial charge in [-0.05, 0) is 34.3 Å². The Bertz CT molecular complexity index is 1390. The topological polar surface area (TPSA) is 35.2 Å². The summed E-state index contributed by atoms with van der Waals surface area (Å²) in [4.78, 5) is 4.25. The van der Waals surface area contributed by atoms with Gasteiger partial charge in [-0.25, -0.2) is 0 Å². The molecule has 0 aliphatic rings. The Morgan fingerprint density at radius 2 is 1.91 bits per heavy atom. The molecule has 5 rings (SSSR count). The number of pyridine rings is 1. The fraction of sp³-hybridized carbons (Fsp3) is 0.0345. The third kappa shape index (κ3) is 7.44. The van der Waals surface area contributed by atoms with E-state index < -0.39 is 0 Å². The molecular formula is C29H23IrN2S. The number of thiophene rings is 1. The van der Waals surface area contributed by atoms with Gasteiger partial charge >= 0.3 is 20.1 Å². The van der Waals surface area contributed by atoms with E-state index in [4.69, 9.17) is 8.15 Å². The first-order chi connectivity index (χ1) is 16.6. The van der Waals surface area contributed by atoms with E-state index in [0.717, 1.165) is 16.5 Å². The molecule has 0 radical (unpaired) electrons.